The van der Waals surface area contributed by atoms with Gasteiger partial charge in [-0.25, -0.2) is 0 Å². The van der Waals surface area contributed by atoms with Crippen LogP contribution in [0.25, 0.3) is 0 Å². The standard InChI is InChI=1S/C12H21NO4/c1-8(6-12(16)17)5-11(15)13-4-3-10(14)9(2)7-13/h8-10,14H,3-7H2,1-2H3,(H,16,17). The summed E-state index contributed by atoms with van der Waals surface area (Å²) >= 11 is 0. The minimum Gasteiger partial charge on any atom is -0.481 e. The molecule has 1 fully saturated rings. The van der Waals surface area contributed by atoms with Crippen molar-refractivity contribution in [2.75, 3.05) is 13.1 Å². The van der Waals surface area contributed by atoms with Gasteiger partial charge in [-0.05, 0) is 18.3 Å². The Bertz CT molecular complexity index is 292. The number of rotatable bonds is 4. The number of hydrogen-bond acceptors (Lipinski definition) is 3. The highest BCUT2D eigenvalue weighted by Crippen LogP contribution is 2.19. The Kier molecular flexibility index (Phi) is 4.93. The predicted molar refractivity (Wildman–Crippen MR) is 62.4 cm³/mol. The molecule has 0 saturated carbocycles. The summed E-state index contributed by atoms with van der Waals surface area (Å²) in [7, 11) is 0. The van der Waals surface area contributed by atoms with Crippen molar-refractivity contribution in [1.82, 2.24) is 4.90 Å². The van der Waals surface area contributed by atoms with Crippen LogP contribution in [0, 0.1) is 11.8 Å². The molecule has 0 aromatic carbocycles. The minimum absolute atomic E-state index is 0.00231. The van der Waals surface area contributed by atoms with Crippen LogP contribution in [0.5, 0.6) is 0 Å². The Labute approximate surface area is 101 Å². The molecule has 5 heteroatoms. The lowest BCUT2D eigenvalue weighted by Crippen LogP contribution is -2.45. The Morgan fingerprint density at radius 2 is 2.06 bits per heavy atom. The topological polar surface area (TPSA) is 77.8 Å². The normalized spacial score (nSPS) is 26.6. The van der Waals surface area contributed by atoms with Gasteiger partial charge in [-0.3, -0.25) is 9.59 Å². The number of likely N-dealkylation sites (tertiary alicyclic amines) is 1. The SMILES string of the molecule is CC(CC(=O)O)CC(=O)N1CCC(O)C(C)C1. The second-order valence-electron chi connectivity index (χ2n) is 5.08. The Morgan fingerprint density at radius 3 is 2.59 bits per heavy atom. The highest BCUT2D eigenvalue weighted by molar-refractivity contribution is 5.77. The fourth-order valence-electron chi connectivity index (χ4n) is 2.16. The summed E-state index contributed by atoms with van der Waals surface area (Å²) in [5, 5.41) is 18.2. The highest BCUT2D eigenvalue weighted by Gasteiger charge is 2.27. The van der Waals surface area contributed by atoms with Crippen molar-refractivity contribution in [2.24, 2.45) is 11.8 Å². The lowest BCUT2D eigenvalue weighted by atomic mass is 9.95. The molecular formula is C12H21NO4. The molecule has 1 rings (SSSR count). The van der Waals surface area contributed by atoms with Gasteiger partial charge in [0.2, 0.25) is 5.91 Å². The fourth-order valence-corrected chi connectivity index (χ4v) is 2.16. The molecule has 5 nitrogen and oxygen atoms in total. The van der Waals surface area contributed by atoms with E-state index in [1.165, 1.54) is 0 Å². The van der Waals surface area contributed by atoms with E-state index in [1.807, 2.05) is 6.92 Å². The molecule has 98 valence electrons. The summed E-state index contributed by atoms with van der Waals surface area (Å²) in [5.74, 6) is -0.908. The summed E-state index contributed by atoms with van der Waals surface area (Å²) in [6, 6.07) is 0. The molecule has 0 radical (unpaired) electrons. The minimum atomic E-state index is -0.868. The first-order valence-corrected chi connectivity index (χ1v) is 6.07. The third kappa shape index (κ3) is 4.34. The van der Waals surface area contributed by atoms with Crippen LogP contribution in [0.15, 0.2) is 0 Å². The van der Waals surface area contributed by atoms with Gasteiger partial charge in [0.1, 0.15) is 0 Å². The van der Waals surface area contributed by atoms with Crippen LogP contribution < -0.4 is 0 Å². The molecule has 0 spiro atoms. The fraction of sp³-hybridized carbons (Fsp3) is 0.833. The molecular weight excluding hydrogens is 222 g/mol. The molecule has 0 aromatic rings. The molecule has 1 heterocycles. The zero-order valence-corrected chi connectivity index (χ0v) is 10.4. The number of carboxylic acid groups (broad SMARTS) is 1. The largest absolute Gasteiger partial charge is 0.481 e. The molecule has 1 aliphatic heterocycles. The van der Waals surface area contributed by atoms with Gasteiger partial charge in [0.05, 0.1) is 6.10 Å². The lowest BCUT2D eigenvalue weighted by Gasteiger charge is -2.34. The van der Waals surface area contributed by atoms with Crippen LogP contribution in [-0.2, 0) is 9.59 Å². The zero-order chi connectivity index (χ0) is 13.0. The number of nitrogens with zero attached hydrogens (tertiary/aromatic N) is 1. The van der Waals surface area contributed by atoms with Crippen LogP contribution in [0.4, 0.5) is 0 Å². The average molecular weight is 243 g/mol. The van der Waals surface area contributed by atoms with Crippen LogP contribution in [0.2, 0.25) is 0 Å². The Hall–Kier alpha value is -1.10. The summed E-state index contributed by atoms with van der Waals surface area (Å²) in [6.07, 6.45) is 0.586. The van der Waals surface area contributed by atoms with E-state index in [1.54, 1.807) is 11.8 Å². The maximum atomic E-state index is 11.9. The van der Waals surface area contributed by atoms with E-state index in [2.05, 4.69) is 0 Å². The van der Waals surface area contributed by atoms with Crippen molar-refractivity contribution >= 4 is 11.9 Å². The lowest BCUT2D eigenvalue weighted by molar-refractivity contribution is -0.139. The van der Waals surface area contributed by atoms with Crippen molar-refractivity contribution in [1.29, 1.82) is 0 Å². The van der Waals surface area contributed by atoms with Crippen LogP contribution >= 0.6 is 0 Å². The van der Waals surface area contributed by atoms with Crippen molar-refractivity contribution in [3.63, 3.8) is 0 Å². The van der Waals surface area contributed by atoms with Crippen molar-refractivity contribution in [3.05, 3.63) is 0 Å². The molecule has 17 heavy (non-hydrogen) atoms. The van der Waals surface area contributed by atoms with E-state index in [4.69, 9.17) is 5.11 Å². The van der Waals surface area contributed by atoms with Gasteiger partial charge < -0.3 is 15.1 Å². The van der Waals surface area contributed by atoms with Gasteiger partial charge in [-0.1, -0.05) is 13.8 Å². The van der Waals surface area contributed by atoms with Crippen LogP contribution in [0.3, 0.4) is 0 Å². The first-order chi connectivity index (χ1) is 7.90. The molecule has 0 aliphatic carbocycles. The first-order valence-electron chi connectivity index (χ1n) is 6.07. The molecule has 0 aromatic heterocycles. The second kappa shape index (κ2) is 6.00. The van der Waals surface area contributed by atoms with E-state index in [9.17, 15) is 14.7 Å². The number of carboxylic acids is 1. The number of carbonyl (C=O) groups is 2. The van der Waals surface area contributed by atoms with Gasteiger partial charge in [0, 0.05) is 25.9 Å². The Balaban J connectivity index is 2.40. The molecule has 1 saturated heterocycles. The maximum Gasteiger partial charge on any atom is 0.303 e. The summed E-state index contributed by atoms with van der Waals surface area (Å²) < 4.78 is 0. The number of aliphatic hydroxyl groups excluding tert-OH is 1. The molecule has 0 bridgehead atoms. The molecule has 3 unspecified atom stereocenters. The number of aliphatic carboxylic acids is 1. The summed E-state index contributed by atoms with van der Waals surface area (Å²) in [4.78, 5) is 24.1. The molecule has 1 amide bonds. The molecule has 1 aliphatic rings. The highest BCUT2D eigenvalue weighted by atomic mass is 16.4. The summed E-state index contributed by atoms with van der Waals surface area (Å²) in [5.41, 5.74) is 0. The molecule has 3 atom stereocenters. The van der Waals surface area contributed by atoms with E-state index >= 15 is 0 Å². The van der Waals surface area contributed by atoms with E-state index in [0.29, 0.717) is 19.5 Å². The maximum absolute atomic E-state index is 11.9. The van der Waals surface area contributed by atoms with Gasteiger partial charge in [0.25, 0.3) is 0 Å². The first kappa shape index (κ1) is 14.0. The monoisotopic (exact) mass is 243 g/mol. The van der Waals surface area contributed by atoms with Gasteiger partial charge in [-0.15, -0.1) is 0 Å². The summed E-state index contributed by atoms with van der Waals surface area (Å²) in [6.45, 7) is 4.84. The average Bonchev–Trinajstić information content (AvgIpc) is 2.20. The number of piperidine rings is 1. The number of aliphatic hydroxyl groups is 1. The third-order valence-corrected chi connectivity index (χ3v) is 3.26. The van der Waals surface area contributed by atoms with E-state index < -0.39 is 5.97 Å². The van der Waals surface area contributed by atoms with Gasteiger partial charge in [-0.2, -0.15) is 0 Å². The number of hydrogen-bond donors (Lipinski definition) is 2. The van der Waals surface area contributed by atoms with Crippen molar-refractivity contribution < 1.29 is 19.8 Å². The number of amides is 1. The van der Waals surface area contributed by atoms with Gasteiger partial charge in [0.15, 0.2) is 0 Å². The van der Waals surface area contributed by atoms with Crippen molar-refractivity contribution in [2.45, 2.75) is 39.2 Å². The smallest absolute Gasteiger partial charge is 0.303 e. The van der Waals surface area contributed by atoms with E-state index in [-0.39, 0.29) is 36.7 Å². The molecule has 2 N–H and O–H groups in total. The zero-order valence-electron chi connectivity index (χ0n) is 10.4. The quantitative estimate of drug-likeness (QED) is 0.762. The van der Waals surface area contributed by atoms with Crippen LogP contribution in [-0.4, -0.2) is 46.2 Å². The third-order valence-electron chi connectivity index (χ3n) is 3.26. The predicted octanol–water partition coefficient (Wildman–Crippen LogP) is 0.717. The second-order valence-corrected chi connectivity index (χ2v) is 5.08. The van der Waals surface area contributed by atoms with E-state index in [0.717, 1.165) is 0 Å². The van der Waals surface area contributed by atoms with Crippen LogP contribution in [0.1, 0.15) is 33.1 Å². The van der Waals surface area contributed by atoms with Crippen molar-refractivity contribution in [3.8, 4) is 0 Å². The van der Waals surface area contributed by atoms with Gasteiger partial charge >= 0.3 is 5.97 Å². The Morgan fingerprint density at radius 1 is 1.41 bits per heavy atom. The number of carbonyl (C=O) groups excluding carboxylic acids is 1.